The molecule has 2 amide bonds. The van der Waals surface area contributed by atoms with Crippen molar-refractivity contribution in [3.8, 4) is 0 Å². The molecular weight excluding hydrogens is 200 g/mol. The molecule has 0 bridgehead atoms. The Morgan fingerprint density at radius 1 is 1.13 bits per heavy atom. The fraction of sp³-hybridized carbons (Fsp3) is 0.333. The van der Waals surface area contributed by atoms with Crippen LogP contribution in [0.5, 0.6) is 0 Å². The normalized spacial score (nSPS) is 11.1. The van der Waals surface area contributed by atoms with E-state index in [9.17, 15) is 9.59 Å². The highest BCUT2D eigenvalue weighted by Gasteiger charge is 2.05. The second-order valence-corrected chi connectivity index (χ2v) is 2.60. The molecule has 0 aromatic heterocycles. The van der Waals surface area contributed by atoms with E-state index in [4.69, 9.17) is 15.9 Å². The fourth-order valence-electron chi connectivity index (χ4n) is 0.721. The Labute approximate surface area is 87.3 Å². The minimum absolute atomic E-state index is 0.374. The summed E-state index contributed by atoms with van der Waals surface area (Å²) in [6, 6.07) is 0. The molecule has 6 nitrogen and oxygen atoms in total. The zero-order valence-electron chi connectivity index (χ0n) is 8.17. The van der Waals surface area contributed by atoms with Crippen molar-refractivity contribution in [3.05, 3.63) is 24.3 Å². The van der Waals surface area contributed by atoms with Gasteiger partial charge in [0.15, 0.2) is 0 Å². The molecule has 0 saturated heterocycles. The largest absolute Gasteiger partial charge is 0.376 e. The van der Waals surface area contributed by atoms with Crippen molar-refractivity contribution in [2.45, 2.75) is 6.42 Å². The van der Waals surface area contributed by atoms with Crippen LogP contribution >= 0.6 is 0 Å². The highest BCUT2D eigenvalue weighted by molar-refractivity contribution is 5.87. The van der Waals surface area contributed by atoms with Gasteiger partial charge in [-0.3, -0.25) is 14.5 Å². The van der Waals surface area contributed by atoms with E-state index in [0.717, 1.165) is 4.90 Å². The fourth-order valence-corrected chi connectivity index (χ4v) is 0.721. The van der Waals surface area contributed by atoms with Crippen molar-refractivity contribution in [1.82, 2.24) is 4.90 Å². The predicted molar refractivity (Wildman–Crippen MR) is 53.1 cm³/mol. The monoisotopic (exact) mass is 214 g/mol. The smallest absolute Gasteiger partial charge is 0.249 e. The summed E-state index contributed by atoms with van der Waals surface area (Å²) in [5, 5.41) is 17.2. The Morgan fingerprint density at radius 2 is 1.67 bits per heavy atom. The number of rotatable bonds is 6. The average molecular weight is 214 g/mol. The van der Waals surface area contributed by atoms with Crippen molar-refractivity contribution >= 4 is 11.8 Å². The van der Waals surface area contributed by atoms with Gasteiger partial charge in [0.1, 0.15) is 13.5 Å². The summed E-state index contributed by atoms with van der Waals surface area (Å²) < 4.78 is 0. The molecule has 0 unspecified atom stereocenters. The van der Waals surface area contributed by atoms with Crippen LogP contribution in [-0.2, 0) is 9.59 Å². The van der Waals surface area contributed by atoms with Gasteiger partial charge in [-0.2, -0.15) is 0 Å². The summed E-state index contributed by atoms with van der Waals surface area (Å²) in [4.78, 5) is 22.2. The van der Waals surface area contributed by atoms with Crippen LogP contribution in [0, 0.1) is 0 Å². The minimum atomic E-state index is -0.554. The summed E-state index contributed by atoms with van der Waals surface area (Å²) in [5.74, 6) is -1.06. The van der Waals surface area contributed by atoms with Gasteiger partial charge in [-0.05, 0) is 18.6 Å². The van der Waals surface area contributed by atoms with Crippen LogP contribution in [0.1, 0.15) is 6.42 Å². The predicted octanol–water partition coefficient (Wildman–Crippen LogP) is -1.30. The molecule has 0 heterocycles. The molecule has 0 atom stereocenters. The highest BCUT2D eigenvalue weighted by Crippen LogP contribution is 1.91. The molecule has 84 valence electrons. The molecule has 0 spiro atoms. The third-order valence-corrected chi connectivity index (χ3v) is 1.47. The third-order valence-electron chi connectivity index (χ3n) is 1.47. The summed E-state index contributed by atoms with van der Waals surface area (Å²) in [6.45, 7) is -1.09. The molecule has 4 N–H and O–H groups in total. The average Bonchev–Trinajstić information content (AvgIpc) is 2.18. The molecule has 0 rings (SSSR count). The van der Waals surface area contributed by atoms with E-state index in [0.29, 0.717) is 6.42 Å². The first-order valence-corrected chi connectivity index (χ1v) is 4.25. The van der Waals surface area contributed by atoms with E-state index in [1.54, 1.807) is 0 Å². The quantitative estimate of drug-likeness (QED) is 0.377. The van der Waals surface area contributed by atoms with Crippen LogP contribution in [0.4, 0.5) is 0 Å². The van der Waals surface area contributed by atoms with Crippen LogP contribution in [-0.4, -0.2) is 40.4 Å². The SMILES string of the molecule is NC(=O)C=CCC=CC(=O)N(CO)CO. The summed E-state index contributed by atoms with van der Waals surface area (Å²) in [5.41, 5.74) is 4.83. The van der Waals surface area contributed by atoms with E-state index in [1.165, 1.54) is 24.3 Å². The molecule has 6 heteroatoms. The molecule has 0 aromatic rings. The number of carbonyl (C=O) groups excluding carboxylic acids is 2. The van der Waals surface area contributed by atoms with Crippen molar-refractivity contribution in [2.75, 3.05) is 13.5 Å². The Balaban J connectivity index is 3.96. The maximum absolute atomic E-state index is 11.1. The topological polar surface area (TPSA) is 104 Å². The highest BCUT2D eigenvalue weighted by atomic mass is 16.3. The lowest BCUT2D eigenvalue weighted by Gasteiger charge is -2.13. The Hall–Kier alpha value is -1.66. The number of hydrogen-bond donors (Lipinski definition) is 3. The van der Waals surface area contributed by atoms with Gasteiger partial charge in [0, 0.05) is 0 Å². The zero-order valence-corrected chi connectivity index (χ0v) is 8.17. The molecule has 0 aliphatic heterocycles. The number of hydrogen-bond acceptors (Lipinski definition) is 4. The summed E-state index contributed by atoms with van der Waals surface area (Å²) >= 11 is 0. The lowest BCUT2D eigenvalue weighted by Crippen LogP contribution is -2.31. The maximum Gasteiger partial charge on any atom is 0.249 e. The Kier molecular flexibility index (Phi) is 6.86. The first-order valence-electron chi connectivity index (χ1n) is 4.25. The van der Waals surface area contributed by atoms with Crippen LogP contribution in [0.25, 0.3) is 0 Å². The number of primary amides is 1. The van der Waals surface area contributed by atoms with Crippen molar-refractivity contribution < 1.29 is 19.8 Å². The van der Waals surface area contributed by atoms with Crippen LogP contribution < -0.4 is 5.73 Å². The molecule has 0 aromatic carbocycles. The number of aliphatic hydroxyl groups is 2. The van der Waals surface area contributed by atoms with Crippen molar-refractivity contribution in [1.29, 1.82) is 0 Å². The molecule has 0 fully saturated rings. The standard InChI is InChI=1S/C9H14N2O4/c10-8(14)4-2-1-3-5-9(15)11(6-12)7-13/h2-5,12-13H,1,6-7H2,(H2,10,14). The summed E-state index contributed by atoms with van der Waals surface area (Å²) in [7, 11) is 0. The summed E-state index contributed by atoms with van der Waals surface area (Å²) in [6.07, 6.45) is 5.73. The lowest BCUT2D eigenvalue weighted by atomic mass is 10.3. The number of nitrogens with zero attached hydrogens (tertiary/aromatic N) is 1. The second-order valence-electron chi connectivity index (χ2n) is 2.60. The molecule has 15 heavy (non-hydrogen) atoms. The number of nitrogens with two attached hydrogens (primary N) is 1. The van der Waals surface area contributed by atoms with E-state index in [1.807, 2.05) is 0 Å². The van der Waals surface area contributed by atoms with Crippen LogP contribution in [0.15, 0.2) is 24.3 Å². The molecular formula is C9H14N2O4. The van der Waals surface area contributed by atoms with Gasteiger partial charge in [-0.15, -0.1) is 0 Å². The van der Waals surface area contributed by atoms with Crippen molar-refractivity contribution in [2.24, 2.45) is 5.73 Å². The van der Waals surface area contributed by atoms with E-state index in [2.05, 4.69) is 0 Å². The minimum Gasteiger partial charge on any atom is -0.376 e. The van der Waals surface area contributed by atoms with Gasteiger partial charge in [0.2, 0.25) is 11.8 Å². The first kappa shape index (κ1) is 13.3. The Bertz CT molecular complexity index is 269. The first-order chi connectivity index (χ1) is 7.11. The maximum atomic E-state index is 11.1. The van der Waals surface area contributed by atoms with Crippen LogP contribution in [0.2, 0.25) is 0 Å². The van der Waals surface area contributed by atoms with Gasteiger partial charge in [-0.25, -0.2) is 0 Å². The Morgan fingerprint density at radius 3 is 2.13 bits per heavy atom. The van der Waals surface area contributed by atoms with E-state index in [-0.39, 0.29) is 0 Å². The lowest BCUT2D eigenvalue weighted by molar-refractivity contribution is -0.134. The molecule has 0 radical (unpaired) electrons. The van der Waals surface area contributed by atoms with Crippen molar-refractivity contribution in [3.63, 3.8) is 0 Å². The van der Waals surface area contributed by atoms with Gasteiger partial charge in [-0.1, -0.05) is 12.2 Å². The van der Waals surface area contributed by atoms with Crippen LogP contribution in [0.3, 0.4) is 0 Å². The van der Waals surface area contributed by atoms with E-state index < -0.39 is 25.3 Å². The van der Waals surface area contributed by atoms with E-state index >= 15 is 0 Å². The van der Waals surface area contributed by atoms with Gasteiger partial charge in [0.05, 0.1) is 0 Å². The van der Waals surface area contributed by atoms with Gasteiger partial charge >= 0.3 is 0 Å². The number of aliphatic hydroxyl groups excluding tert-OH is 2. The van der Waals surface area contributed by atoms with Gasteiger partial charge < -0.3 is 15.9 Å². The van der Waals surface area contributed by atoms with Gasteiger partial charge in [0.25, 0.3) is 0 Å². The molecule has 0 aliphatic rings. The molecule has 0 aliphatic carbocycles. The number of amides is 2. The second kappa shape index (κ2) is 7.72. The number of allylic oxidation sites excluding steroid dienone is 2. The zero-order chi connectivity index (χ0) is 11.7. The third kappa shape index (κ3) is 6.42. The molecule has 0 saturated carbocycles. The number of carbonyl (C=O) groups is 2.